The Balaban J connectivity index is 2.47. The van der Waals surface area contributed by atoms with E-state index in [2.05, 4.69) is 13.8 Å². The summed E-state index contributed by atoms with van der Waals surface area (Å²) >= 11 is 0.677. The molecule has 0 radical (unpaired) electrons. The number of methoxy groups -OCH3 is 2. The van der Waals surface area contributed by atoms with E-state index < -0.39 is 5.41 Å². The quantitative estimate of drug-likeness (QED) is 0.331. The SMILES string of the molecule is COC(=O)CC1=C([CH2][Hg])CC[C@H]2[C@@](C)(C(=O)OC)CCC[C@]12C. The molecule has 1 fully saturated rings. The molecule has 0 unspecified atom stereocenters. The first kappa shape index (κ1) is 18.9. The summed E-state index contributed by atoms with van der Waals surface area (Å²) in [5.41, 5.74) is 2.21. The fraction of sp³-hybridized carbons (Fsp3) is 0.778. The van der Waals surface area contributed by atoms with Crippen LogP contribution in [0.4, 0.5) is 0 Å². The van der Waals surface area contributed by atoms with Gasteiger partial charge in [-0.25, -0.2) is 0 Å². The monoisotopic (exact) mass is 509 g/mol. The van der Waals surface area contributed by atoms with Crippen LogP contribution < -0.4 is 0 Å². The van der Waals surface area contributed by atoms with E-state index >= 15 is 0 Å². The van der Waals surface area contributed by atoms with Crippen LogP contribution in [0.5, 0.6) is 0 Å². The van der Waals surface area contributed by atoms with Crippen LogP contribution in [0.15, 0.2) is 11.1 Å². The van der Waals surface area contributed by atoms with Crippen LogP contribution >= 0.6 is 0 Å². The molecule has 5 heteroatoms. The Labute approximate surface area is 155 Å². The Morgan fingerprint density at radius 2 is 1.91 bits per heavy atom. The number of allylic oxidation sites excluding steroid dienone is 1. The molecule has 0 aromatic carbocycles. The van der Waals surface area contributed by atoms with Crippen LogP contribution in [0.3, 0.4) is 0 Å². The molecular formula is C18H27HgO4. The first-order chi connectivity index (χ1) is 10.8. The molecule has 2 rings (SSSR count). The molecule has 23 heavy (non-hydrogen) atoms. The van der Waals surface area contributed by atoms with E-state index in [1.165, 1.54) is 25.4 Å². The van der Waals surface area contributed by atoms with E-state index in [0.29, 0.717) is 32.5 Å². The minimum atomic E-state index is -0.440. The van der Waals surface area contributed by atoms with Gasteiger partial charge in [-0.3, -0.25) is 0 Å². The van der Waals surface area contributed by atoms with Gasteiger partial charge in [0.1, 0.15) is 0 Å². The minimum absolute atomic E-state index is 0.0810. The summed E-state index contributed by atoms with van der Waals surface area (Å²) in [4.78, 5) is 24.5. The van der Waals surface area contributed by atoms with Crippen molar-refractivity contribution < 1.29 is 45.2 Å². The summed E-state index contributed by atoms with van der Waals surface area (Å²) < 4.78 is 11.2. The van der Waals surface area contributed by atoms with Crippen molar-refractivity contribution in [3.8, 4) is 0 Å². The van der Waals surface area contributed by atoms with Crippen LogP contribution in [0.25, 0.3) is 0 Å². The van der Waals surface area contributed by atoms with Gasteiger partial charge in [0.15, 0.2) is 0 Å². The molecule has 0 N–H and O–H groups in total. The van der Waals surface area contributed by atoms with Crippen molar-refractivity contribution in [1.29, 1.82) is 0 Å². The molecule has 2 aliphatic rings. The van der Waals surface area contributed by atoms with Gasteiger partial charge in [-0.2, -0.15) is 0 Å². The van der Waals surface area contributed by atoms with Gasteiger partial charge in [-0.05, 0) is 0 Å². The van der Waals surface area contributed by atoms with E-state index in [4.69, 9.17) is 9.47 Å². The first-order valence-electron chi connectivity index (χ1n) is 8.49. The number of esters is 2. The van der Waals surface area contributed by atoms with Crippen molar-refractivity contribution in [3.05, 3.63) is 11.1 Å². The van der Waals surface area contributed by atoms with Gasteiger partial charge >= 0.3 is 156 Å². The number of carbonyl (C=O) groups excluding carboxylic acids is 2. The summed E-state index contributed by atoms with van der Waals surface area (Å²) in [6.45, 7) is 4.32. The predicted octanol–water partition coefficient (Wildman–Crippen LogP) is 3.59. The van der Waals surface area contributed by atoms with Crippen molar-refractivity contribution in [1.82, 2.24) is 0 Å². The summed E-state index contributed by atoms with van der Waals surface area (Å²) in [7, 11) is 2.94. The third kappa shape index (κ3) is 3.25. The third-order valence-corrected chi connectivity index (χ3v) is 8.63. The van der Waals surface area contributed by atoms with Crippen LogP contribution in [0.2, 0.25) is 3.93 Å². The second-order valence-corrected chi connectivity index (χ2v) is 9.30. The van der Waals surface area contributed by atoms with Crippen LogP contribution in [0.1, 0.15) is 52.4 Å². The summed E-state index contributed by atoms with van der Waals surface area (Å²) in [5, 5.41) is 0. The fourth-order valence-electron chi connectivity index (χ4n) is 5.04. The number of carbonyl (C=O) groups is 2. The molecule has 1 saturated carbocycles. The van der Waals surface area contributed by atoms with E-state index in [-0.39, 0.29) is 23.3 Å². The number of hydrogen-bond acceptors (Lipinski definition) is 4. The zero-order valence-corrected chi connectivity index (χ0v) is 20.4. The molecule has 125 valence electrons. The molecule has 0 amide bonds. The van der Waals surface area contributed by atoms with E-state index in [1.54, 1.807) is 0 Å². The summed E-state index contributed by atoms with van der Waals surface area (Å²) in [5.74, 6) is -0.00471. The Kier molecular flexibility index (Phi) is 5.97. The van der Waals surface area contributed by atoms with Crippen LogP contribution in [-0.2, 0) is 45.2 Å². The van der Waals surface area contributed by atoms with Gasteiger partial charge in [0, 0.05) is 0 Å². The molecule has 0 saturated heterocycles. The molecule has 4 nitrogen and oxygen atoms in total. The molecule has 3 atom stereocenters. The molecule has 0 aliphatic heterocycles. The number of hydrogen-bond donors (Lipinski definition) is 0. The zero-order valence-electron chi connectivity index (χ0n) is 14.9. The summed E-state index contributed by atoms with van der Waals surface area (Å²) in [6, 6.07) is 0. The second kappa shape index (κ2) is 7.24. The Morgan fingerprint density at radius 3 is 2.48 bits per heavy atom. The van der Waals surface area contributed by atoms with Crippen molar-refractivity contribution in [3.63, 3.8) is 0 Å². The topological polar surface area (TPSA) is 52.6 Å². The van der Waals surface area contributed by atoms with Crippen molar-refractivity contribution in [2.75, 3.05) is 14.2 Å². The zero-order chi connectivity index (χ0) is 17.3. The van der Waals surface area contributed by atoms with Gasteiger partial charge < -0.3 is 0 Å². The number of ether oxygens (including phenoxy) is 2. The van der Waals surface area contributed by atoms with Crippen molar-refractivity contribution >= 4 is 11.9 Å². The van der Waals surface area contributed by atoms with Gasteiger partial charge in [0.05, 0.1) is 0 Å². The first-order valence-corrected chi connectivity index (χ1v) is 12.4. The average molecular weight is 508 g/mol. The van der Waals surface area contributed by atoms with Gasteiger partial charge in [0.25, 0.3) is 0 Å². The van der Waals surface area contributed by atoms with Gasteiger partial charge in [-0.1, -0.05) is 0 Å². The van der Waals surface area contributed by atoms with E-state index in [0.717, 1.165) is 36.0 Å². The molecule has 2 aliphatic carbocycles. The van der Waals surface area contributed by atoms with Crippen molar-refractivity contribution in [2.45, 2.75) is 56.3 Å². The summed E-state index contributed by atoms with van der Waals surface area (Å²) in [6.07, 6.45) is 5.36. The van der Waals surface area contributed by atoms with Crippen LogP contribution in [-0.4, -0.2) is 26.2 Å². The van der Waals surface area contributed by atoms with E-state index in [9.17, 15) is 9.59 Å². The molecule has 0 heterocycles. The standard InChI is InChI=1S/C18H27O4.Hg/c1-12-7-8-14-17(2,13(12)11-15(19)21-4)9-6-10-18(14,3)16(20)22-5;/h14H,1,6-11H2,2-5H3;/t14-,17-,18+;/m1./s1. The van der Waals surface area contributed by atoms with Gasteiger partial charge in [-0.15, -0.1) is 0 Å². The number of fused-ring (bicyclic) bond motifs is 1. The predicted molar refractivity (Wildman–Crippen MR) is 83.3 cm³/mol. The average Bonchev–Trinajstić information content (AvgIpc) is 2.54. The maximum atomic E-state index is 12.5. The Morgan fingerprint density at radius 1 is 1.22 bits per heavy atom. The number of rotatable bonds is 4. The van der Waals surface area contributed by atoms with Gasteiger partial charge in [0.2, 0.25) is 0 Å². The molecule has 0 aromatic heterocycles. The normalized spacial score (nSPS) is 33.9. The third-order valence-electron chi connectivity index (χ3n) is 6.28. The molecular weight excluding hydrogens is 481 g/mol. The molecule has 0 aromatic rings. The fourth-order valence-corrected chi connectivity index (χ4v) is 7.19. The second-order valence-electron chi connectivity index (χ2n) is 7.36. The van der Waals surface area contributed by atoms with Crippen molar-refractivity contribution in [2.24, 2.45) is 16.7 Å². The maximum absolute atomic E-state index is 12.5. The Hall–Kier alpha value is -0.385. The molecule has 0 spiro atoms. The Bertz CT molecular complexity index is 527. The molecule has 0 bridgehead atoms. The van der Waals surface area contributed by atoms with Crippen LogP contribution in [0, 0.1) is 16.7 Å². The van der Waals surface area contributed by atoms with E-state index in [1.807, 2.05) is 0 Å².